The number of nitrogens with one attached hydrogen (secondary N) is 2. The van der Waals surface area contributed by atoms with E-state index in [0.717, 1.165) is 55.1 Å². The van der Waals surface area contributed by atoms with Crippen LogP contribution in [0.4, 0.5) is 0 Å². The summed E-state index contributed by atoms with van der Waals surface area (Å²) in [5.41, 5.74) is 1.16. The van der Waals surface area contributed by atoms with E-state index in [9.17, 15) is 0 Å². The Morgan fingerprint density at radius 3 is 2.71 bits per heavy atom. The van der Waals surface area contributed by atoms with Gasteiger partial charge in [-0.1, -0.05) is 13.8 Å². The van der Waals surface area contributed by atoms with Gasteiger partial charge in [0.1, 0.15) is 0 Å². The molecule has 0 bridgehead atoms. The highest BCUT2D eigenvalue weighted by Gasteiger charge is 2.00. The lowest BCUT2D eigenvalue weighted by Crippen LogP contribution is -2.38. The molecule has 0 unspecified atom stereocenters. The van der Waals surface area contributed by atoms with Crippen LogP contribution in [0.25, 0.3) is 0 Å². The Balaban J connectivity index is 0.00000400. The molecule has 0 fully saturated rings. The Kier molecular flexibility index (Phi) is 12.0. The highest BCUT2D eigenvalue weighted by Crippen LogP contribution is 2.07. The molecule has 4 nitrogen and oxygen atoms in total. The van der Waals surface area contributed by atoms with Crippen LogP contribution >= 0.6 is 35.3 Å². The molecule has 6 heteroatoms. The van der Waals surface area contributed by atoms with E-state index in [4.69, 9.17) is 0 Å². The number of thiazole rings is 1. The first-order valence-electron chi connectivity index (χ1n) is 7.55. The molecular formula is C15H29IN4S. The summed E-state index contributed by atoms with van der Waals surface area (Å²) in [5.74, 6) is 1.68. The number of halogens is 1. The fraction of sp³-hybridized carbons (Fsp3) is 0.733. The summed E-state index contributed by atoms with van der Waals surface area (Å²) in [6.07, 6.45) is 3.33. The molecule has 1 rings (SSSR count). The largest absolute Gasteiger partial charge is 0.357 e. The molecule has 21 heavy (non-hydrogen) atoms. The second-order valence-corrected chi connectivity index (χ2v) is 6.39. The van der Waals surface area contributed by atoms with E-state index in [1.165, 1.54) is 6.42 Å². The zero-order valence-electron chi connectivity index (χ0n) is 13.6. The van der Waals surface area contributed by atoms with E-state index in [1.807, 2.05) is 6.92 Å². The number of aryl methyl sites for hydroxylation is 1. The molecule has 2 N–H and O–H groups in total. The number of guanidine groups is 1. The monoisotopic (exact) mass is 424 g/mol. The number of nitrogens with zero attached hydrogens (tertiary/aromatic N) is 2. The Morgan fingerprint density at radius 2 is 2.14 bits per heavy atom. The smallest absolute Gasteiger partial charge is 0.191 e. The van der Waals surface area contributed by atoms with Crippen molar-refractivity contribution in [3.05, 3.63) is 16.1 Å². The average Bonchev–Trinajstić information content (AvgIpc) is 2.80. The molecule has 0 aliphatic carbocycles. The van der Waals surface area contributed by atoms with Crippen LogP contribution in [0, 0.1) is 12.8 Å². The maximum Gasteiger partial charge on any atom is 0.191 e. The molecular weight excluding hydrogens is 395 g/mol. The molecule has 0 aliphatic heterocycles. The number of rotatable bonds is 8. The number of aliphatic imine (C=N–C) groups is 1. The zero-order chi connectivity index (χ0) is 14.8. The van der Waals surface area contributed by atoms with Crippen molar-refractivity contribution in [2.75, 3.05) is 19.6 Å². The number of hydrogen-bond donors (Lipinski definition) is 2. The van der Waals surface area contributed by atoms with Crippen molar-refractivity contribution in [1.29, 1.82) is 0 Å². The number of hydrogen-bond acceptors (Lipinski definition) is 3. The van der Waals surface area contributed by atoms with Gasteiger partial charge in [0.2, 0.25) is 0 Å². The third-order valence-electron chi connectivity index (χ3n) is 2.89. The second kappa shape index (κ2) is 12.2. The lowest BCUT2D eigenvalue weighted by molar-refractivity contribution is 0.560. The molecule has 0 spiro atoms. The first-order valence-corrected chi connectivity index (χ1v) is 8.43. The van der Waals surface area contributed by atoms with Crippen molar-refractivity contribution in [2.45, 2.75) is 47.0 Å². The van der Waals surface area contributed by atoms with E-state index in [2.05, 4.69) is 46.8 Å². The summed E-state index contributed by atoms with van der Waals surface area (Å²) < 4.78 is 0. The summed E-state index contributed by atoms with van der Waals surface area (Å²) >= 11 is 1.71. The van der Waals surface area contributed by atoms with E-state index in [1.54, 1.807) is 11.3 Å². The second-order valence-electron chi connectivity index (χ2n) is 5.33. The van der Waals surface area contributed by atoms with Crippen LogP contribution in [0.3, 0.4) is 0 Å². The van der Waals surface area contributed by atoms with Crippen molar-refractivity contribution in [1.82, 2.24) is 15.6 Å². The van der Waals surface area contributed by atoms with Crippen LogP contribution < -0.4 is 10.6 Å². The summed E-state index contributed by atoms with van der Waals surface area (Å²) in [7, 11) is 0. The Hall–Kier alpha value is -0.370. The van der Waals surface area contributed by atoms with Gasteiger partial charge in [-0.2, -0.15) is 0 Å². The van der Waals surface area contributed by atoms with E-state index >= 15 is 0 Å². The Morgan fingerprint density at radius 1 is 1.38 bits per heavy atom. The Labute approximate surface area is 150 Å². The summed E-state index contributed by atoms with van der Waals surface area (Å²) in [4.78, 5) is 9.07. The zero-order valence-corrected chi connectivity index (χ0v) is 16.8. The molecule has 122 valence electrons. The van der Waals surface area contributed by atoms with Gasteiger partial charge in [-0.3, -0.25) is 4.99 Å². The van der Waals surface area contributed by atoms with Crippen LogP contribution in [0.15, 0.2) is 10.4 Å². The van der Waals surface area contributed by atoms with Gasteiger partial charge in [-0.05, 0) is 32.6 Å². The predicted octanol–water partition coefficient (Wildman–Crippen LogP) is 3.60. The van der Waals surface area contributed by atoms with Gasteiger partial charge < -0.3 is 10.6 Å². The SMILES string of the molecule is CCNC(=NCCCC(C)C)NCCc1csc(C)n1.I. The molecule has 1 heterocycles. The fourth-order valence-corrected chi connectivity index (χ4v) is 2.51. The van der Waals surface area contributed by atoms with Gasteiger partial charge >= 0.3 is 0 Å². The highest BCUT2D eigenvalue weighted by molar-refractivity contribution is 14.0. The molecule has 1 aromatic rings. The van der Waals surface area contributed by atoms with Gasteiger partial charge in [-0.15, -0.1) is 35.3 Å². The summed E-state index contributed by atoms with van der Waals surface area (Å²) in [6, 6.07) is 0. The van der Waals surface area contributed by atoms with Crippen molar-refractivity contribution >= 4 is 41.3 Å². The quantitative estimate of drug-likeness (QED) is 0.290. The van der Waals surface area contributed by atoms with Gasteiger partial charge in [0.15, 0.2) is 5.96 Å². The van der Waals surface area contributed by atoms with E-state index < -0.39 is 0 Å². The van der Waals surface area contributed by atoms with Gasteiger partial charge in [0, 0.05) is 31.4 Å². The molecule has 0 aliphatic rings. The highest BCUT2D eigenvalue weighted by atomic mass is 127. The maximum absolute atomic E-state index is 4.60. The van der Waals surface area contributed by atoms with E-state index in [-0.39, 0.29) is 24.0 Å². The van der Waals surface area contributed by atoms with Crippen molar-refractivity contribution < 1.29 is 0 Å². The predicted molar refractivity (Wildman–Crippen MR) is 104 cm³/mol. The van der Waals surface area contributed by atoms with Crippen LogP contribution in [0.1, 0.15) is 44.3 Å². The third-order valence-corrected chi connectivity index (χ3v) is 3.72. The van der Waals surface area contributed by atoms with Crippen LogP contribution in [-0.4, -0.2) is 30.6 Å². The molecule has 0 saturated carbocycles. The lowest BCUT2D eigenvalue weighted by atomic mass is 10.1. The maximum atomic E-state index is 4.60. The minimum absolute atomic E-state index is 0. The van der Waals surface area contributed by atoms with Gasteiger partial charge in [0.25, 0.3) is 0 Å². The normalized spacial score (nSPS) is 11.4. The average molecular weight is 424 g/mol. The van der Waals surface area contributed by atoms with Crippen LogP contribution in [0.5, 0.6) is 0 Å². The number of aromatic nitrogens is 1. The minimum Gasteiger partial charge on any atom is -0.357 e. The molecule has 0 saturated heterocycles. The molecule has 0 amide bonds. The molecule has 0 atom stereocenters. The van der Waals surface area contributed by atoms with Gasteiger partial charge in [0.05, 0.1) is 10.7 Å². The first-order chi connectivity index (χ1) is 9.61. The van der Waals surface area contributed by atoms with Gasteiger partial charge in [-0.25, -0.2) is 4.98 Å². The van der Waals surface area contributed by atoms with Crippen LogP contribution in [0.2, 0.25) is 0 Å². The fourth-order valence-electron chi connectivity index (χ4n) is 1.86. The molecule has 0 aromatic carbocycles. The standard InChI is InChI=1S/C15H28N4S.HI/c1-5-16-15(17-9-6-7-12(2)3)18-10-8-14-11-20-13(4)19-14;/h11-12H,5-10H2,1-4H3,(H2,16,17,18);1H. The van der Waals surface area contributed by atoms with Crippen molar-refractivity contribution in [3.8, 4) is 0 Å². The topological polar surface area (TPSA) is 49.3 Å². The minimum atomic E-state index is 0. The third kappa shape index (κ3) is 10.1. The van der Waals surface area contributed by atoms with Crippen molar-refractivity contribution in [3.63, 3.8) is 0 Å². The first kappa shape index (κ1) is 20.6. The Bertz CT molecular complexity index is 404. The van der Waals surface area contributed by atoms with E-state index in [0.29, 0.717) is 0 Å². The summed E-state index contributed by atoms with van der Waals surface area (Å²) in [6.45, 7) is 11.3. The van der Waals surface area contributed by atoms with Crippen molar-refractivity contribution in [2.24, 2.45) is 10.9 Å². The summed E-state index contributed by atoms with van der Waals surface area (Å²) in [5, 5.41) is 9.92. The lowest BCUT2D eigenvalue weighted by Gasteiger charge is -2.11. The van der Waals surface area contributed by atoms with Crippen LogP contribution in [-0.2, 0) is 6.42 Å². The molecule has 1 aromatic heterocycles. The molecule has 0 radical (unpaired) electrons.